The molecule has 0 aromatic heterocycles. The van der Waals surface area contributed by atoms with Crippen LogP contribution in [0.15, 0.2) is 24.3 Å². The summed E-state index contributed by atoms with van der Waals surface area (Å²) in [6.07, 6.45) is 1.12. The maximum atomic E-state index is 12.9. The average Bonchev–Trinajstić information content (AvgIpc) is 3.02. The maximum absolute atomic E-state index is 12.9. The van der Waals surface area contributed by atoms with Gasteiger partial charge in [-0.1, -0.05) is 18.2 Å². The van der Waals surface area contributed by atoms with E-state index in [1.54, 1.807) is 4.90 Å². The van der Waals surface area contributed by atoms with E-state index in [2.05, 4.69) is 0 Å². The van der Waals surface area contributed by atoms with E-state index in [0.29, 0.717) is 39.2 Å². The molecule has 24 heavy (non-hydrogen) atoms. The zero-order valence-corrected chi connectivity index (χ0v) is 13.4. The Kier molecular flexibility index (Phi) is 3.72. The summed E-state index contributed by atoms with van der Waals surface area (Å²) in [5.74, 6) is -0.334. The molecular weight excluding hydrogens is 310 g/mol. The van der Waals surface area contributed by atoms with Gasteiger partial charge in [-0.2, -0.15) is 0 Å². The molecule has 0 aliphatic carbocycles. The summed E-state index contributed by atoms with van der Waals surface area (Å²) in [5, 5.41) is 9.72. The molecule has 3 aliphatic rings. The molecule has 2 fully saturated rings. The van der Waals surface area contributed by atoms with Crippen molar-refractivity contribution in [2.45, 2.75) is 12.8 Å². The minimum atomic E-state index is -0.846. The van der Waals surface area contributed by atoms with Crippen LogP contribution >= 0.6 is 0 Å². The van der Waals surface area contributed by atoms with Gasteiger partial charge < -0.3 is 19.5 Å². The fourth-order valence-electron chi connectivity index (χ4n) is 4.21. The third-order valence-electron chi connectivity index (χ3n) is 5.67. The van der Waals surface area contributed by atoms with Gasteiger partial charge in [0.1, 0.15) is 12.4 Å². The number of nitrogens with zero attached hydrogens (tertiary/aromatic N) is 1. The summed E-state index contributed by atoms with van der Waals surface area (Å²) < 4.78 is 11.2. The summed E-state index contributed by atoms with van der Waals surface area (Å²) in [6, 6.07) is 7.75. The second-order valence-electron chi connectivity index (χ2n) is 7.02. The number of benzene rings is 1. The molecule has 2 saturated heterocycles. The fourth-order valence-corrected chi connectivity index (χ4v) is 4.21. The maximum Gasteiger partial charge on any atom is 0.311 e. The molecule has 128 valence electrons. The smallest absolute Gasteiger partial charge is 0.311 e. The number of amides is 1. The molecule has 0 bridgehead atoms. The summed E-state index contributed by atoms with van der Waals surface area (Å²) in [7, 11) is 0. The van der Waals surface area contributed by atoms with Gasteiger partial charge in [0, 0.05) is 25.6 Å². The van der Waals surface area contributed by atoms with E-state index in [0.717, 1.165) is 11.3 Å². The van der Waals surface area contributed by atoms with E-state index >= 15 is 0 Å². The lowest BCUT2D eigenvalue weighted by molar-refractivity contribution is -0.157. The lowest BCUT2D eigenvalue weighted by Crippen LogP contribution is -2.45. The number of rotatable bonds is 2. The number of fused-ring (bicyclic) bond motifs is 2. The molecule has 3 aliphatic heterocycles. The minimum absolute atomic E-state index is 0.000437. The minimum Gasteiger partial charge on any atom is -0.492 e. The number of carboxylic acids is 1. The predicted molar refractivity (Wildman–Crippen MR) is 84.7 cm³/mol. The number of aliphatic carboxylic acids is 1. The van der Waals surface area contributed by atoms with Crippen LogP contribution < -0.4 is 4.74 Å². The lowest BCUT2D eigenvalue weighted by atomic mass is 9.74. The molecule has 3 atom stereocenters. The zero-order valence-electron chi connectivity index (χ0n) is 13.4. The van der Waals surface area contributed by atoms with Crippen LogP contribution in [0.2, 0.25) is 0 Å². The van der Waals surface area contributed by atoms with E-state index in [1.165, 1.54) is 0 Å². The van der Waals surface area contributed by atoms with Crippen LogP contribution in [0.4, 0.5) is 0 Å². The second kappa shape index (κ2) is 5.77. The Morgan fingerprint density at radius 1 is 1.25 bits per heavy atom. The number of ether oxygens (including phenoxy) is 2. The monoisotopic (exact) mass is 331 g/mol. The molecule has 6 nitrogen and oxygen atoms in total. The molecular formula is C18H21NO5. The Labute approximate surface area is 140 Å². The van der Waals surface area contributed by atoms with Gasteiger partial charge >= 0.3 is 5.97 Å². The van der Waals surface area contributed by atoms with Crippen LogP contribution in [-0.4, -0.2) is 54.8 Å². The van der Waals surface area contributed by atoms with Gasteiger partial charge in [-0.15, -0.1) is 0 Å². The van der Waals surface area contributed by atoms with Crippen LogP contribution in [0.3, 0.4) is 0 Å². The first-order valence-corrected chi connectivity index (χ1v) is 8.41. The van der Waals surface area contributed by atoms with E-state index in [-0.39, 0.29) is 24.3 Å². The molecule has 1 unspecified atom stereocenters. The summed E-state index contributed by atoms with van der Waals surface area (Å²) in [6.45, 7) is 1.97. The zero-order chi connectivity index (χ0) is 16.7. The highest BCUT2D eigenvalue weighted by Crippen LogP contribution is 2.43. The van der Waals surface area contributed by atoms with Crippen LogP contribution in [-0.2, 0) is 20.7 Å². The van der Waals surface area contributed by atoms with Crippen molar-refractivity contribution in [1.82, 2.24) is 4.90 Å². The first kappa shape index (κ1) is 15.4. The average molecular weight is 331 g/mol. The number of carboxylic acid groups (broad SMARTS) is 1. The van der Waals surface area contributed by atoms with Crippen molar-refractivity contribution in [3.63, 3.8) is 0 Å². The van der Waals surface area contributed by atoms with Crippen LogP contribution in [0.5, 0.6) is 5.75 Å². The highest BCUT2D eigenvalue weighted by molar-refractivity contribution is 5.83. The Morgan fingerprint density at radius 2 is 2.08 bits per heavy atom. The van der Waals surface area contributed by atoms with E-state index < -0.39 is 11.4 Å². The predicted octanol–water partition coefficient (Wildman–Crippen LogP) is 1.19. The van der Waals surface area contributed by atoms with Gasteiger partial charge in [-0.25, -0.2) is 0 Å². The first-order chi connectivity index (χ1) is 11.6. The number of hydrogen-bond donors (Lipinski definition) is 1. The SMILES string of the molecule is O=C(C1COc2ccccc2C1)N1C[C@H]2COCC[C@@]2(C(=O)O)C1. The molecule has 4 rings (SSSR count). The molecule has 1 aromatic carbocycles. The van der Waals surface area contributed by atoms with Crippen LogP contribution in [0.25, 0.3) is 0 Å². The summed E-state index contributed by atoms with van der Waals surface area (Å²) in [4.78, 5) is 26.5. The normalized spacial score (nSPS) is 31.8. The highest BCUT2D eigenvalue weighted by atomic mass is 16.5. The molecule has 6 heteroatoms. The largest absolute Gasteiger partial charge is 0.492 e. The van der Waals surface area contributed by atoms with Crippen molar-refractivity contribution in [2.24, 2.45) is 17.3 Å². The Hall–Kier alpha value is -2.08. The van der Waals surface area contributed by atoms with Crippen LogP contribution in [0, 0.1) is 17.3 Å². The lowest BCUT2D eigenvalue weighted by Gasteiger charge is -2.34. The molecule has 3 heterocycles. The van der Waals surface area contributed by atoms with Gasteiger partial charge in [0.05, 0.1) is 17.9 Å². The standard InChI is InChI=1S/C18H21NO5/c20-16(13-7-12-3-1-2-4-15(12)24-9-13)19-8-14-10-23-6-5-18(14,11-19)17(21)22/h1-4,13-14H,5-11H2,(H,21,22)/t13?,14-,18+/m0/s1. The van der Waals surface area contributed by atoms with Gasteiger partial charge in [-0.3, -0.25) is 9.59 Å². The van der Waals surface area contributed by atoms with Crippen molar-refractivity contribution < 1.29 is 24.2 Å². The van der Waals surface area contributed by atoms with Crippen molar-refractivity contribution >= 4 is 11.9 Å². The van der Waals surface area contributed by atoms with Crippen LogP contribution in [0.1, 0.15) is 12.0 Å². The summed E-state index contributed by atoms with van der Waals surface area (Å²) in [5.41, 5.74) is 0.191. The van der Waals surface area contributed by atoms with E-state index in [4.69, 9.17) is 9.47 Å². The fraction of sp³-hybridized carbons (Fsp3) is 0.556. The van der Waals surface area contributed by atoms with Crippen molar-refractivity contribution in [3.8, 4) is 5.75 Å². The third kappa shape index (κ3) is 2.36. The molecule has 0 saturated carbocycles. The molecule has 0 spiro atoms. The van der Waals surface area contributed by atoms with Crippen molar-refractivity contribution in [2.75, 3.05) is 32.9 Å². The van der Waals surface area contributed by atoms with E-state index in [9.17, 15) is 14.7 Å². The van der Waals surface area contributed by atoms with Gasteiger partial charge in [0.2, 0.25) is 5.91 Å². The molecule has 1 aromatic rings. The molecule has 1 N–H and O–H groups in total. The third-order valence-corrected chi connectivity index (χ3v) is 5.67. The Morgan fingerprint density at radius 3 is 2.88 bits per heavy atom. The van der Waals surface area contributed by atoms with Crippen molar-refractivity contribution in [1.29, 1.82) is 0 Å². The highest BCUT2D eigenvalue weighted by Gasteiger charge is 2.55. The van der Waals surface area contributed by atoms with Crippen molar-refractivity contribution in [3.05, 3.63) is 29.8 Å². The Bertz CT molecular complexity index is 675. The summed E-state index contributed by atoms with van der Waals surface area (Å²) >= 11 is 0. The first-order valence-electron chi connectivity index (χ1n) is 8.41. The quantitative estimate of drug-likeness (QED) is 0.881. The van der Waals surface area contributed by atoms with Gasteiger partial charge in [-0.05, 0) is 24.5 Å². The number of carbonyl (C=O) groups is 2. The van der Waals surface area contributed by atoms with E-state index in [1.807, 2.05) is 24.3 Å². The van der Waals surface area contributed by atoms with Gasteiger partial charge in [0.15, 0.2) is 0 Å². The molecule has 0 radical (unpaired) electrons. The number of carbonyl (C=O) groups excluding carboxylic acids is 1. The second-order valence-corrected chi connectivity index (χ2v) is 7.02. The topological polar surface area (TPSA) is 76.1 Å². The number of para-hydroxylation sites is 1. The Balaban J connectivity index is 1.51. The number of likely N-dealkylation sites (tertiary alicyclic amines) is 1. The molecule has 1 amide bonds. The van der Waals surface area contributed by atoms with Gasteiger partial charge in [0.25, 0.3) is 0 Å². The number of hydrogen-bond acceptors (Lipinski definition) is 4.